The topological polar surface area (TPSA) is 20.2 Å². The highest BCUT2D eigenvalue weighted by Crippen LogP contribution is 2.33. The first kappa shape index (κ1) is 12.4. The quantitative estimate of drug-likeness (QED) is 0.827. The molecule has 1 nitrogen and oxygen atoms in total. The summed E-state index contributed by atoms with van der Waals surface area (Å²) in [5, 5.41) is 14.5. The molecule has 0 amide bonds. The van der Waals surface area contributed by atoms with Crippen LogP contribution in [0.3, 0.4) is 0 Å². The summed E-state index contributed by atoms with van der Waals surface area (Å²) >= 11 is 3.53. The molecule has 1 aliphatic rings. The van der Waals surface area contributed by atoms with Crippen LogP contribution < -0.4 is 0 Å². The van der Waals surface area contributed by atoms with E-state index in [0.29, 0.717) is 0 Å². The fourth-order valence-electron chi connectivity index (χ4n) is 2.59. The number of fused-ring (bicyclic) bond motifs is 1. The van der Waals surface area contributed by atoms with Crippen molar-refractivity contribution < 1.29 is 5.11 Å². The lowest BCUT2D eigenvalue weighted by molar-refractivity contribution is 0.182. The van der Waals surface area contributed by atoms with Crippen molar-refractivity contribution in [3.8, 4) is 0 Å². The van der Waals surface area contributed by atoms with E-state index in [1.165, 1.54) is 48.1 Å². The Bertz CT molecular complexity index is 475. The molecular formula is C15H18OS2. The van der Waals surface area contributed by atoms with Crippen LogP contribution in [-0.2, 0) is 19.3 Å². The van der Waals surface area contributed by atoms with Crippen LogP contribution in [0.5, 0.6) is 0 Å². The minimum Gasteiger partial charge on any atom is -0.387 e. The summed E-state index contributed by atoms with van der Waals surface area (Å²) in [4.78, 5) is 2.68. The maximum atomic E-state index is 10.3. The third kappa shape index (κ3) is 2.68. The lowest BCUT2D eigenvalue weighted by atomic mass is 10.1. The van der Waals surface area contributed by atoms with Crippen molar-refractivity contribution in [2.24, 2.45) is 0 Å². The molecule has 2 aromatic rings. The molecule has 0 bridgehead atoms. The van der Waals surface area contributed by atoms with Gasteiger partial charge in [0.05, 0.1) is 6.10 Å². The summed E-state index contributed by atoms with van der Waals surface area (Å²) in [6.07, 6.45) is 6.83. The number of hydrogen-bond acceptors (Lipinski definition) is 3. The van der Waals surface area contributed by atoms with Crippen LogP contribution in [0.4, 0.5) is 0 Å². The first-order chi connectivity index (χ1) is 8.83. The third-order valence-electron chi connectivity index (χ3n) is 3.60. The Labute approximate surface area is 116 Å². The Morgan fingerprint density at radius 1 is 1.22 bits per heavy atom. The zero-order valence-electron chi connectivity index (χ0n) is 10.4. The Balaban J connectivity index is 1.76. The Morgan fingerprint density at radius 2 is 2.11 bits per heavy atom. The van der Waals surface area contributed by atoms with Crippen LogP contribution in [0, 0.1) is 0 Å². The molecule has 0 aliphatic heterocycles. The van der Waals surface area contributed by atoms with E-state index in [2.05, 4.69) is 22.9 Å². The second-order valence-corrected chi connectivity index (χ2v) is 6.96. The molecule has 96 valence electrons. The molecule has 18 heavy (non-hydrogen) atoms. The zero-order chi connectivity index (χ0) is 12.4. The second-order valence-electron chi connectivity index (χ2n) is 5.01. The largest absolute Gasteiger partial charge is 0.387 e. The van der Waals surface area contributed by atoms with Gasteiger partial charge in [0, 0.05) is 16.2 Å². The number of aryl methyl sites for hydroxylation is 2. The normalized spacial score (nSPS) is 17.2. The van der Waals surface area contributed by atoms with Crippen LogP contribution >= 0.6 is 22.7 Å². The average molecular weight is 278 g/mol. The van der Waals surface area contributed by atoms with Crippen molar-refractivity contribution in [3.63, 3.8) is 0 Å². The molecule has 0 radical (unpaired) electrons. The summed E-state index contributed by atoms with van der Waals surface area (Å²) in [5.74, 6) is 0. The highest BCUT2D eigenvalue weighted by Gasteiger charge is 2.17. The first-order valence-corrected chi connectivity index (χ1v) is 8.39. The molecular weight excluding hydrogens is 260 g/mol. The first-order valence-electron chi connectivity index (χ1n) is 6.63. The Morgan fingerprint density at radius 3 is 2.94 bits per heavy atom. The van der Waals surface area contributed by atoms with Gasteiger partial charge < -0.3 is 5.11 Å². The number of aliphatic hydroxyl groups is 1. The standard InChI is InChI=1S/C15H18OS2/c16-13(8-11-6-7-17-10-11)15-9-12-4-2-1-3-5-14(12)18-15/h6-7,9-10,13,16H,1-5,8H2. The van der Waals surface area contributed by atoms with E-state index in [9.17, 15) is 5.11 Å². The van der Waals surface area contributed by atoms with E-state index in [-0.39, 0.29) is 6.10 Å². The van der Waals surface area contributed by atoms with E-state index < -0.39 is 0 Å². The van der Waals surface area contributed by atoms with Gasteiger partial charge in [0.1, 0.15) is 0 Å². The molecule has 1 N–H and O–H groups in total. The summed E-state index contributed by atoms with van der Waals surface area (Å²) in [7, 11) is 0. The van der Waals surface area contributed by atoms with Crippen molar-refractivity contribution >= 4 is 22.7 Å². The van der Waals surface area contributed by atoms with Crippen LogP contribution in [0.15, 0.2) is 22.9 Å². The fraction of sp³-hybridized carbons (Fsp3) is 0.467. The smallest absolute Gasteiger partial charge is 0.0922 e. The summed E-state index contributed by atoms with van der Waals surface area (Å²) in [6.45, 7) is 0. The molecule has 0 aromatic carbocycles. The molecule has 0 saturated heterocycles. The van der Waals surface area contributed by atoms with Crippen molar-refractivity contribution in [3.05, 3.63) is 43.8 Å². The van der Waals surface area contributed by atoms with Crippen LogP contribution in [-0.4, -0.2) is 5.11 Å². The van der Waals surface area contributed by atoms with E-state index >= 15 is 0 Å². The Hall–Kier alpha value is -0.640. The molecule has 0 spiro atoms. The number of hydrogen-bond donors (Lipinski definition) is 1. The van der Waals surface area contributed by atoms with Crippen molar-refractivity contribution in [1.82, 2.24) is 0 Å². The van der Waals surface area contributed by atoms with E-state index in [4.69, 9.17) is 0 Å². The maximum Gasteiger partial charge on any atom is 0.0922 e. The monoisotopic (exact) mass is 278 g/mol. The van der Waals surface area contributed by atoms with Gasteiger partial charge in [-0.1, -0.05) is 6.42 Å². The summed E-state index contributed by atoms with van der Waals surface area (Å²) in [6, 6.07) is 4.36. The van der Waals surface area contributed by atoms with E-state index in [1.54, 1.807) is 11.3 Å². The highest BCUT2D eigenvalue weighted by molar-refractivity contribution is 7.12. The molecule has 2 heterocycles. The van der Waals surface area contributed by atoms with Crippen molar-refractivity contribution in [2.45, 2.75) is 44.6 Å². The molecule has 1 aliphatic carbocycles. The molecule has 2 aromatic heterocycles. The number of thiophene rings is 2. The Kier molecular flexibility index (Phi) is 3.83. The lowest BCUT2D eigenvalue weighted by Gasteiger charge is -2.06. The molecule has 1 unspecified atom stereocenters. The van der Waals surface area contributed by atoms with Gasteiger partial charge in [-0.25, -0.2) is 0 Å². The molecule has 0 saturated carbocycles. The van der Waals surface area contributed by atoms with Gasteiger partial charge >= 0.3 is 0 Å². The van der Waals surface area contributed by atoms with E-state index in [0.717, 1.165) is 11.3 Å². The van der Waals surface area contributed by atoms with Gasteiger partial charge in [0.2, 0.25) is 0 Å². The third-order valence-corrected chi connectivity index (χ3v) is 5.67. The summed E-state index contributed by atoms with van der Waals surface area (Å²) < 4.78 is 0. The van der Waals surface area contributed by atoms with Crippen LogP contribution in [0.1, 0.15) is 46.2 Å². The van der Waals surface area contributed by atoms with Gasteiger partial charge in [-0.15, -0.1) is 11.3 Å². The fourth-order valence-corrected chi connectivity index (χ4v) is 4.51. The maximum absolute atomic E-state index is 10.3. The minimum absolute atomic E-state index is 0.323. The van der Waals surface area contributed by atoms with Gasteiger partial charge in [0.25, 0.3) is 0 Å². The number of rotatable bonds is 3. The van der Waals surface area contributed by atoms with Crippen LogP contribution in [0.25, 0.3) is 0 Å². The molecule has 3 heteroatoms. The van der Waals surface area contributed by atoms with Crippen molar-refractivity contribution in [1.29, 1.82) is 0 Å². The SMILES string of the molecule is OC(Cc1ccsc1)c1cc2c(s1)CCCCC2. The van der Waals surface area contributed by atoms with Gasteiger partial charge in [-0.3, -0.25) is 0 Å². The predicted octanol–water partition coefficient (Wildman–Crippen LogP) is 4.35. The number of aliphatic hydroxyl groups excluding tert-OH is 1. The van der Waals surface area contributed by atoms with Gasteiger partial charge in [0.15, 0.2) is 0 Å². The van der Waals surface area contributed by atoms with Crippen LogP contribution in [0.2, 0.25) is 0 Å². The zero-order valence-corrected chi connectivity index (χ0v) is 12.0. The molecule has 0 fully saturated rings. The minimum atomic E-state index is -0.323. The summed E-state index contributed by atoms with van der Waals surface area (Å²) in [5.41, 5.74) is 2.74. The van der Waals surface area contributed by atoms with E-state index in [1.807, 2.05) is 11.3 Å². The lowest BCUT2D eigenvalue weighted by Crippen LogP contribution is -1.98. The second kappa shape index (κ2) is 5.55. The van der Waals surface area contributed by atoms with Crippen molar-refractivity contribution in [2.75, 3.05) is 0 Å². The van der Waals surface area contributed by atoms with Gasteiger partial charge in [-0.2, -0.15) is 11.3 Å². The molecule has 1 atom stereocenters. The predicted molar refractivity (Wildman–Crippen MR) is 78.6 cm³/mol. The average Bonchev–Trinajstić information content (AvgIpc) is 2.95. The molecule has 3 rings (SSSR count). The highest BCUT2D eigenvalue weighted by atomic mass is 32.1. The van der Waals surface area contributed by atoms with Gasteiger partial charge in [-0.05, 0) is 59.7 Å².